The number of sulfonamides is 2. The van der Waals surface area contributed by atoms with Gasteiger partial charge < -0.3 is 10.2 Å². The van der Waals surface area contributed by atoms with Crippen LogP contribution in [0.2, 0.25) is 0 Å². The van der Waals surface area contributed by atoms with Crippen LogP contribution in [0, 0.1) is 11.8 Å². The minimum absolute atomic E-state index is 0.351. The van der Waals surface area contributed by atoms with E-state index in [1.807, 2.05) is 12.1 Å². The molecule has 0 spiro atoms. The number of piperidine rings is 2. The van der Waals surface area contributed by atoms with E-state index in [0.717, 1.165) is 67.6 Å². The molecule has 0 atom stereocenters. The molecule has 2 fully saturated rings. The maximum absolute atomic E-state index is 12.7. The van der Waals surface area contributed by atoms with Gasteiger partial charge in [0.25, 0.3) is 0 Å². The molecule has 4 aliphatic rings. The fourth-order valence-corrected chi connectivity index (χ4v) is 8.91. The maximum Gasteiger partial charge on any atom is 0.243 e. The second-order valence-corrected chi connectivity index (χ2v) is 15.4. The molecule has 218 valence electrons. The Labute approximate surface area is 238 Å². The number of benzene rings is 2. The van der Waals surface area contributed by atoms with Gasteiger partial charge in [0.1, 0.15) is 0 Å². The lowest BCUT2D eigenvalue weighted by molar-refractivity contribution is -0.107. The van der Waals surface area contributed by atoms with E-state index >= 15 is 0 Å². The largest absolute Gasteiger partial charge is 0.384 e. The Kier molecular flexibility index (Phi) is 8.56. The van der Waals surface area contributed by atoms with Crippen molar-refractivity contribution in [3.05, 3.63) is 47.5 Å². The van der Waals surface area contributed by atoms with Crippen LogP contribution >= 0.6 is 0 Å². The highest BCUT2D eigenvalue weighted by atomic mass is 32.2. The van der Waals surface area contributed by atoms with E-state index in [2.05, 4.69) is 19.2 Å². The fourth-order valence-electron chi connectivity index (χ4n) is 5.86. The van der Waals surface area contributed by atoms with E-state index in [1.54, 1.807) is 37.8 Å². The number of carbonyl (C=O) groups is 1. The normalized spacial score (nSPS) is 20.8. The zero-order chi connectivity index (χ0) is 28.5. The van der Waals surface area contributed by atoms with Crippen molar-refractivity contribution < 1.29 is 21.6 Å². The Morgan fingerprint density at radius 1 is 0.725 bits per heavy atom. The van der Waals surface area contributed by atoms with E-state index in [9.17, 15) is 21.6 Å². The van der Waals surface area contributed by atoms with Crippen LogP contribution in [-0.2, 0) is 37.7 Å². The number of carbonyl (C=O) groups excluding carboxylic acids is 1. The predicted molar refractivity (Wildman–Crippen MR) is 157 cm³/mol. The van der Waals surface area contributed by atoms with Crippen molar-refractivity contribution in [2.75, 3.05) is 49.5 Å². The first-order chi connectivity index (χ1) is 19.1. The number of nitrogens with one attached hydrogen (secondary N) is 1. The van der Waals surface area contributed by atoms with E-state index in [1.165, 1.54) is 0 Å². The maximum atomic E-state index is 12.7. The average molecular weight is 589 g/mol. The van der Waals surface area contributed by atoms with E-state index in [4.69, 9.17) is 0 Å². The highest BCUT2D eigenvalue weighted by molar-refractivity contribution is 7.89. The quantitative estimate of drug-likeness (QED) is 0.534. The summed E-state index contributed by atoms with van der Waals surface area (Å²) in [5, 5.41) is 3.26. The summed E-state index contributed by atoms with van der Waals surface area (Å²) in [4.78, 5) is 13.3. The third-order valence-electron chi connectivity index (χ3n) is 8.66. The van der Waals surface area contributed by atoms with Crippen LogP contribution < -0.4 is 10.2 Å². The lowest BCUT2D eigenvalue weighted by atomic mass is 10.0. The molecule has 40 heavy (non-hydrogen) atoms. The molecule has 1 N–H and O–H groups in total. The van der Waals surface area contributed by atoms with Crippen molar-refractivity contribution in [2.45, 2.75) is 62.2 Å². The summed E-state index contributed by atoms with van der Waals surface area (Å²) in [6.07, 6.45) is 6.19. The van der Waals surface area contributed by atoms with Crippen molar-refractivity contribution in [1.82, 2.24) is 8.61 Å². The summed E-state index contributed by atoms with van der Waals surface area (Å²) in [5.74, 6) is 1.23. The van der Waals surface area contributed by atoms with Crippen LogP contribution in [0.5, 0.6) is 0 Å². The Balaban J connectivity index is 0.000000162. The molecule has 0 saturated carbocycles. The molecule has 2 saturated heterocycles. The van der Waals surface area contributed by atoms with Gasteiger partial charge in [-0.1, -0.05) is 13.8 Å². The zero-order valence-corrected chi connectivity index (χ0v) is 25.0. The average Bonchev–Trinajstić information content (AvgIpc) is 3.60. The smallest absolute Gasteiger partial charge is 0.243 e. The number of amides is 1. The number of hydrogen-bond acceptors (Lipinski definition) is 6. The molecular formula is C29H40N4O5S2. The van der Waals surface area contributed by atoms with Crippen LogP contribution in [0.25, 0.3) is 0 Å². The molecule has 2 aromatic carbocycles. The molecule has 2 aromatic rings. The number of rotatable bonds is 5. The summed E-state index contributed by atoms with van der Waals surface area (Å²) in [7, 11) is -6.71. The second-order valence-electron chi connectivity index (χ2n) is 11.5. The first-order valence-corrected chi connectivity index (χ1v) is 17.2. The van der Waals surface area contributed by atoms with Gasteiger partial charge in [0.2, 0.25) is 26.5 Å². The van der Waals surface area contributed by atoms with Gasteiger partial charge in [0.05, 0.1) is 9.79 Å². The molecule has 1 amide bonds. The third-order valence-corrected chi connectivity index (χ3v) is 12.4. The van der Waals surface area contributed by atoms with Crippen molar-refractivity contribution >= 4 is 37.8 Å². The van der Waals surface area contributed by atoms with Crippen LogP contribution in [0.15, 0.2) is 46.2 Å². The highest BCUT2D eigenvalue weighted by Crippen LogP contribution is 2.32. The monoisotopic (exact) mass is 588 g/mol. The molecule has 6 rings (SSSR count). The van der Waals surface area contributed by atoms with Gasteiger partial charge in [-0.25, -0.2) is 16.8 Å². The summed E-state index contributed by atoms with van der Waals surface area (Å²) in [6.45, 7) is 8.38. The summed E-state index contributed by atoms with van der Waals surface area (Å²) in [6, 6.07) is 10.5. The molecular weight excluding hydrogens is 548 g/mol. The first kappa shape index (κ1) is 29.0. The van der Waals surface area contributed by atoms with Crippen LogP contribution in [0.1, 0.15) is 50.7 Å². The molecule has 4 heterocycles. The highest BCUT2D eigenvalue weighted by Gasteiger charge is 2.30. The molecule has 9 nitrogen and oxygen atoms in total. The standard InChI is InChI=1S/C15H20N2O3S.C14H20N2O2S/c1-12-4-8-17(9-5-12)21(19,20)14-2-3-15-13(10-14)6-7-16(15)11-18;1-11-5-8-16(9-6-11)19(17,18)13-2-3-14-12(10-13)4-7-15-14/h2-3,10-12H,4-9H2,1H3;2-3,10-11,15H,4-9H2,1H3. The third kappa shape index (κ3) is 5.93. The minimum Gasteiger partial charge on any atom is -0.384 e. The van der Waals surface area contributed by atoms with Crippen LogP contribution in [-0.4, -0.2) is 71.1 Å². The van der Waals surface area contributed by atoms with Crippen molar-refractivity contribution in [2.24, 2.45) is 11.8 Å². The van der Waals surface area contributed by atoms with Crippen molar-refractivity contribution in [3.8, 4) is 0 Å². The number of hydrogen-bond donors (Lipinski definition) is 1. The van der Waals surface area contributed by atoms with Crippen LogP contribution in [0.4, 0.5) is 11.4 Å². The molecule has 0 bridgehead atoms. The van der Waals surface area contributed by atoms with Crippen LogP contribution in [0.3, 0.4) is 0 Å². The number of anilines is 2. The van der Waals surface area contributed by atoms with Gasteiger partial charge in [0, 0.05) is 50.6 Å². The van der Waals surface area contributed by atoms with E-state index in [0.29, 0.717) is 60.8 Å². The van der Waals surface area contributed by atoms with Gasteiger partial charge in [-0.05, 0) is 97.9 Å². The SMILES string of the molecule is CC1CCN(S(=O)(=O)c2ccc3c(c2)CCN3)CC1.CC1CCN(S(=O)(=O)c2ccc3c(c2)CCN3C=O)CC1. The minimum atomic E-state index is -3.40. The Hall–Kier alpha value is -2.47. The Bertz CT molecular complexity index is 1440. The Morgan fingerprint density at radius 3 is 1.80 bits per heavy atom. The van der Waals surface area contributed by atoms with Gasteiger partial charge in [-0.2, -0.15) is 8.61 Å². The molecule has 0 aromatic heterocycles. The number of fused-ring (bicyclic) bond motifs is 2. The van der Waals surface area contributed by atoms with Gasteiger partial charge >= 0.3 is 0 Å². The first-order valence-electron chi connectivity index (χ1n) is 14.3. The van der Waals surface area contributed by atoms with E-state index < -0.39 is 20.0 Å². The van der Waals surface area contributed by atoms with Crippen molar-refractivity contribution in [1.29, 1.82) is 0 Å². The molecule has 0 radical (unpaired) electrons. The fraction of sp³-hybridized carbons (Fsp3) is 0.552. The molecule has 4 aliphatic heterocycles. The summed E-state index contributed by atoms with van der Waals surface area (Å²) in [5.41, 5.74) is 3.96. The van der Waals surface area contributed by atoms with Gasteiger partial charge in [0.15, 0.2) is 0 Å². The van der Waals surface area contributed by atoms with Gasteiger partial charge in [-0.15, -0.1) is 0 Å². The lowest BCUT2D eigenvalue weighted by Gasteiger charge is -2.29. The molecule has 0 unspecified atom stereocenters. The van der Waals surface area contributed by atoms with Crippen molar-refractivity contribution in [3.63, 3.8) is 0 Å². The summed E-state index contributed by atoms with van der Waals surface area (Å²) >= 11 is 0. The second kappa shape index (κ2) is 11.8. The lowest BCUT2D eigenvalue weighted by Crippen LogP contribution is -2.37. The number of nitrogens with zero attached hydrogens (tertiary/aromatic N) is 3. The molecule has 11 heteroatoms. The predicted octanol–water partition coefficient (Wildman–Crippen LogP) is 3.70. The topological polar surface area (TPSA) is 107 Å². The van der Waals surface area contributed by atoms with Gasteiger partial charge in [-0.3, -0.25) is 4.79 Å². The summed E-state index contributed by atoms with van der Waals surface area (Å²) < 4.78 is 53.8. The Morgan fingerprint density at radius 2 is 1.25 bits per heavy atom. The zero-order valence-electron chi connectivity index (χ0n) is 23.4. The molecule has 0 aliphatic carbocycles. The van der Waals surface area contributed by atoms with E-state index in [-0.39, 0.29) is 0 Å².